The lowest BCUT2D eigenvalue weighted by Gasteiger charge is -2.25. The van der Waals surface area contributed by atoms with Gasteiger partial charge in [0.05, 0.1) is 5.69 Å². The van der Waals surface area contributed by atoms with Crippen LogP contribution in [0.5, 0.6) is 0 Å². The Bertz CT molecular complexity index is 672. The van der Waals surface area contributed by atoms with Crippen LogP contribution in [0.1, 0.15) is 19.4 Å². The standard InChI is InChI=1S/C18H21N3O3/c1-18(2,16(22)21-20-15-11-7-4-8-12-15)19-17(23)24-13-14-9-5-3-6-10-14/h3-12,20H,13H2,1-2H3,(H,19,23)(H,21,22). The van der Waals surface area contributed by atoms with Gasteiger partial charge in [-0.1, -0.05) is 48.5 Å². The summed E-state index contributed by atoms with van der Waals surface area (Å²) in [5.41, 5.74) is 5.84. The molecule has 0 spiro atoms. The summed E-state index contributed by atoms with van der Waals surface area (Å²) in [6.45, 7) is 3.34. The molecule has 6 heteroatoms. The quantitative estimate of drug-likeness (QED) is 0.713. The molecule has 0 heterocycles. The van der Waals surface area contributed by atoms with Gasteiger partial charge < -0.3 is 10.1 Å². The third kappa shape index (κ3) is 5.31. The van der Waals surface area contributed by atoms with Crippen molar-refractivity contribution in [3.8, 4) is 0 Å². The predicted octanol–water partition coefficient (Wildman–Crippen LogP) is 2.83. The van der Waals surface area contributed by atoms with Crippen LogP contribution in [0.2, 0.25) is 0 Å². The van der Waals surface area contributed by atoms with Crippen LogP contribution in [0, 0.1) is 0 Å². The van der Waals surface area contributed by atoms with Crippen LogP contribution in [0.3, 0.4) is 0 Å². The number of hydrogen-bond acceptors (Lipinski definition) is 4. The van der Waals surface area contributed by atoms with Crippen LogP contribution < -0.4 is 16.2 Å². The number of para-hydroxylation sites is 1. The van der Waals surface area contributed by atoms with E-state index in [4.69, 9.17) is 4.74 Å². The smallest absolute Gasteiger partial charge is 0.408 e. The Morgan fingerprint density at radius 1 is 0.958 bits per heavy atom. The summed E-state index contributed by atoms with van der Waals surface area (Å²) in [5, 5.41) is 2.55. The van der Waals surface area contributed by atoms with Gasteiger partial charge in [-0.15, -0.1) is 0 Å². The zero-order chi connectivity index (χ0) is 17.4. The molecule has 2 rings (SSSR count). The molecule has 0 fully saturated rings. The summed E-state index contributed by atoms with van der Waals surface area (Å²) in [6.07, 6.45) is -0.654. The number of alkyl carbamates (subject to hydrolysis) is 1. The molecule has 0 bridgehead atoms. The summed E-state index contributed by atoms with van der Waals surface area (Å²) in [6, 6.07) is 18.5. The minimum atomic E-state index is -1.13. The molecule has 0 saturated heterocycles. The number of rotatable bonds is 6. The van der Waals surface area contributed by atoms with Crippen molar-refractivity contribution < 1.29 is 14.3 Å². The van der Waals surface area contributed by atoms with Crippen LogP contribution >= 0.6 is 0 Å². The van der Waals surface area contributed by atoms with E-state index in [1.54, 1.807) is 13.8 Å². The fraction of sp³-hybridized carbons (Fsp3) is 0.222. The van der Waals surface area contributed by atoms with E-state index in [1.807, 2.05) is 60.7 Å². The van der Waals surface area contributed by atoms with E-state index in [1.165, 1.54) is 0 Å². The normalized spacial score (nSPS) is 10.6. The van der Waals surface area contributed by atoms with Gasteiger partial charge in [-0.05, 0) is 31.5 Å². The van der Waals surface area contributed by atoms with Crippen molar-refractivity contribution in [2.24, 2.45) is 0 Å². The van der Waals surface area contributed by atoms with E-state index >= 15 is 0 Å². The number of hydrazine groups is 1. The molecule has 0 radical (unpaired) electrons. The van der Waals surface area contributed by atoms with Crippen molar-refractivity contribution in [2.75, 3.05) is 5.43 Å². The van der Waals surface area contributed by atoms with Crippen molar-refractivity contribution in [2.45, 2.75) is 26.0 Å². The number of ether oxygens (including phenoxy) is 1. The average molecular weight is 327 g/mol. The number of amides is 2. The third-order valence-electron chi connectivity index (χ3n) is 3.29. The first-order valence-corrected chi connectivity index (χ1v) is 7.58. The number of carbonyl (C=O) groups is 2. The van der Waals surface area contributed by atoms with Crippen LogP contribution in [-0.4, -0.2) is 17.5 Å². The lowest BCUT2D eigenvalue weighted by molar-refractivity contribution is -0.125. The highest BCUT2D eigenvalue weighted by molar-refractivity contribution is 5.89. The molecule has 2 aromatic rings. The van der Waals surface area contributed by atoms with Gasteiger partial charge in [-0.25, -0.2) is 4.79 Å². The number of benzene rings is 2. The molecule has 24 heavy (non-hydrogen) atoms. The zero-order valence-corrected chi connectivity index (χ0v) is 13.7. The number of anilines is 1. The Kier molecular flexibility index (Phi) is 5.78. The molecule has 3 N–H and O–H groups in total. The van der Waals surface area contributed by atoms with Gasteiger partial charge in [-0.3, -0.25) is 15.6 Å². The van der Waals surface area contributed by atoms with Gasteiger partial charge in [0.15, 0.2) is 0 Å². The maximum atomic E-state index is 12.2. The molecule has 2 amide bonds. The third-order valence-corrected chi connectivity index (χ3v) is 3.29. The summed E-state index contributed by atoms with van der Waals surface area (Å²) >= 11 is 0. The molecule has 0 aliphatic heterocycles. The van der Waals surface area contributed by atoms with E-state index < -0.39 is 11.6 Å². The summed E-state index contributed by atoms with van der Waals surface area (Å²) in [4.78, 5) is 24.1. The zero-order valence-electron chi connectivity index (χ0n) is 13.7. The monoisotopic (exact) mass is 327 g/mol. The second-order valence-electron chi connectivity index (χ2n) is 5.76. The highest BCUT2D eigenvalue weighted by Crippen LogP contribution is 2.07. The molecule has 0 saturated carbocycles. The van der Waals surface area contributed by atoms with Gasteiger partial charge in [0.25, 0.3) is 5.91 Å². The van der Waals surface area contributed by atoms with Crippen molar-refractivity contribution in [1.29, 1.82) is 0 Å². The first kappa shape index (κ1) is 17.3. The molecule has 0 aromatic heterocycles. The predicted molar refractivity (Wildman–Crippen MR) is 92.0 cm³/mol. The summed E-state index contributed by atoms with van der Waals surface area (Å²) < 4.78 is 5.13. The highest BCUT2D eigenvalue weighted by atomic mass is 16.5. The lowest BCUT2D eigenvalue weighted by atomic mass is 10.1. The Balaban J connectivity index is 1.80. The van der Waals surface area contributed by atoms with Crippen LogP contribution in [0.25, 0.3) is 0 Å². The lowest BCUT2D eigenvalue weighted by Crippen LogP contribution is -2.55. The molecular formula is C18H21N3O3. The van der Waals surface area contributed by atoms with Crippen molar-refractivity contribution in [1.82, 2.24) is 10.7 Å². The van der Waals surface area contributed by atoms with E-state index in [0.29, 0.717) is 0 Å². The number of carbonyl (C=O) groups excluding carboxylic acids is 2. The minimum Gasteiger partial charge on any atom is -0.445 e. The van der Waals surface area contributed by atoms with E-state index in [-0.39, 0.29) is 12.5 Å². The SMILES string of the molecule is CC(C)(NC(=O)OCc1ccccc1)C(=O)NNc1ccccc1. The molecular weight excluding hydrogens is 306 g/mol. The molecule has 6 nitrogen and oxygen atoms in total. The number of hydrogen-bond donors (Lipinski definition) is 3. The second kappa shape index (κ2) is 8.01. The molecule has 0 atom stereocenters. The second-order valence-corrected chi connectivity index (χ2v) is 5.76. The first-order chi connectivity index (χ1) is 11.5. The summed E-state index contributed by atoms with van der Waals surface area (Å²) in [5.74, 6) is -0.386. The fourth-order valence-electron chi connectivity index (χ4n) is 1.88. The Hall–Kier alpha value is -3.02. The average Bonchev–Trinajstić information content (AvgIpc) is 2.59. The molecule has 126 valence electrons. The van der Waals surface area contributed by atoms with Crippen molar-refractivity contribution >= 4 is 17.7 Å². The van der Waals surface area contributed by atoms with E-state index in [2.05, 4.69) is 16.2 Å². The minimum absolute atomic E-state index is 0.145. The fourth-order valence-corrected chi connectivity index (χ4v) is 1.88. The summed E-state index contributed by atoms with van der Waals surface area (Å²) in [7, 11) is 0. The molecule has 0 aliphatic carbocycles. The Labute approximate surface area is 141 Å². The Morgan fingerprint density at radius 3 is 2.17 bits per heavy atom. The van der Waals surface area contributed by atoms with Gasteiger partial charge in [0, 0.05) is 0 Å². The van der Waals surface area contributed by atoms with E-state index in [0.717, 1.165) is 11.3 Å². The molecule has 2 aromatic carbocycles. The topological polar surface area (TPSA) is 79.5 Å². The maximum Gasteiger partial charge on any atom is 0.408 e. The van der Waals surface area contributed by atoms with Crippen molar-refractivity contribution in [3.63, 3.8) is 0 Å². The maximum absolute atomic E-state index is 12.2. The van der Waals surface area contributed by atoms with Gasteiger partial charge in [0.1, 0.15) is 12.1 Å². The molecule has 0 unspecified atom stereocenters. The van der Waals surface area contributed by atoms with Gasteiger partial charge in [0.2, 0.25) is 0 Å². The first-order valence-electron chi connectivity index (χ1n) is 7.58. The highest BCUT2D eigenvalue weighted by Gasteiger charge is 2.30. The van der Waals surface area contributed by atoms with Crippen molar-refractivity contribution in [3.05, 3.63) is 66.2 Å². The largest absolute Gasteiger partial charge is 0.445 e. The van der Waals surface area contributed by atoms with Gasteiger partial charge in [-0.2, -0.15) is 0 Å². The number of nitrogens with one attached hydrogen (secondary N) is 3. The van der Waals surface area contributed by atoms with Crippen LogP contribution in [-0.2, 0) is 16.1 Å². The molecule has 0 aliphatic rings. The van der Waals surface area contributed by atoms with Gasteiger partial charge >= 0.3 is 6.09 Å². The van der Waals surface area contributed by atoms with Crippen LogP contribution in [0.4, 0.5) is 10.5 Å². The van der Waals surface area contributed by atoms with E-state index in [9.17, 15) is 9.59 Å². The van der Waals surface area contributed by atoms with Crippen LogP contribution in [0.15, 0.2) is 60.7 Å². The Morgan fingerprint density at radius 2 is 1.54 bits per heavy atom.